The maximum atomic E-state index is 5.95. The van der Waals surface area contributed by atoms with Crippen molar-refractivity contribution >= 4 is 23.4 Å². The quantitative estimate of drug-likeness (QED) is 0.763. The van der Waals surface area contributed by atoms with Gasteiger partial charge in [-0.05, 0) is 50.5 Å². The van der Waals surface area contributed by atoms with E-state index in [0.29, 0.717) is 6.10 Å². The summed E-state index contributed by atoms with van der Waals surface area (Å²) < 4.78 is 7.93. The number of hydrogen-bond donors (Lipinski definition) is 0. The van der Waals surface area contributed by atoms with E-state index in [1.165, 1.54) is 12.8 Å². The molecule has 0 bridgehead atoms. The van der Waals surface area contributed by atoms with E-state index in [0.717, 1.165) is 46.9 Å². The first-order valence-corrected chi connectivity index (χ1v) is 9.08. The smallest absolute Gasteiger partial charge is 0.191 e. The second-order valence-electron chi connectivity index (χ2n) is 5.36. The molecule has 0 radical (unpaired) electrons. The molecular formula is C16H20ClN3OS. The van der Waals surface area contributed by atoms with Crippen molar-refractivity contribution < 1.29 is 4.74 Å². The first-order chi connectivity index (χ1) is 10.8. The lowest BCUT2D eigenvalue weighted by atomic mass is 10.1. The van der Waals surface area contributed by atoms with Crippen LogP contribution in [0.3, 0.4) is 0 Å². The van der Waals surface area contributed by atoms with Crippen LogP contribution in [0.15, 0.2) is 29.4 Å². The molecule has 2 heterocycles. The number of rotatable bonds is 5. The molecule has 0 N–H and O–H groups in total. The minimum absolute atomic E-state index is 0.347. The van der Waals surface area contributed by atoms with Gasteiger partial charge in [0.25, 0.3) is 0 Å². The zero-order chi connectivity index (χ0) is 15.4. The van der Waals surface area contributed by atoms with Gasteiger partial charge in [-0.25, -0.2) is 0 Å². The van der Waals surface area contributed by atoms with Crippen molar-refractivity contribution in [2.75, 3.05) is 12.4 Å². The number of thioether (sulfide) groups is 1. The number of nitrogens with zero attached hydrogens (tertiary/aromatic N) is 3. The van der Waals surface area contributed by atoms with Gasteiger partial charge in [0.2, 0.25) is 0 Å². The summed E-state index contributed by atoms with van der Waals surface area (Å²) in [6, 6.07) is 7.73. The van der Waals surface area contributed by atoms with Crippen LogP contribution in [0.1, 0.15) is 26.2 Å². The first kappa shape index (κ1) is 15.8. The molecule has 1 atom stereocenters. The number of benzene rings is 1. The third kappa shape index (κ3) is 3.65. The maximum Gasteiger partial charge on any atom is 0.191 e. The van der Waals surface area contributed by atoms with Crippen LogP contribution in [-0.4, -0.2) is 33.2 Å². The van der Waals surface area contributed by atoms with Gasteiger partial charge in [-0.3, -0.25) is 0 Å². The van der Waals surface area contributed by atoms with Crippen molar-refractivity contribution in [2.45, 2.75) is 44.0 Å². The molecule has 0 saturated carbocycles. The summed E-state index contributed by atoms with van der Waals surface area (Å²) >= 11 is 7.69. The van der Waals surface area contributed by atoms with Gasteiger partial charge in [-0.15, -0.1) is 10.2 Å². The standard InChI is InChI=1S/C16H20ClN3OS/c1-2-20-15(12-6-8-13(17)9-7-12)18-19-16(20)22-11-14-5-3-4-10-21-14/h6-9,14H,2-5,10-11H2,1H3/t14-/m1/s1. The SMILES string of the molecule is CCn1c(SC[C@H]2CCCCO2)nnc1-c1ccc(Cl)cc1. The summed E-state index contributed by atoms with van der Waals surface area (Å²) in [5, 5.41) is 10.4. The highest BCUT2D eigenvalue weighted by molar-refractivity contribution is 7.99. The van der Waals surface area contributed by atoms with Crippen LogP contribution in [0.25, 0.3) is 11.4 Å². The van der Waals surface area contributed by atoms with Gasteiger partial charge in [0.05, 0.1) is 6.10 Å². The summed E-state index contributed by atoms with van der Waals surface area (Å²) in [4.78, 5) is 0. The summed E-state index contributed by atoms with van der Waals surface area (Å²) in [6.45, 7) is 3.85. The van der Waals surface area contributed by atoms with E-state index in [-0.39, 0.29) is 0 Å². The molecule has 0 spiro atoms. The highest BCUT2D eigenvalue weighted by atomic mass is 35.5. The Hall–Kier alpha value is -1.04. The van der Waals surface area contributed by atoms with Crippen molar-refractivity contribution in [3.05, 3.63) is 29.3 Å². The third-order valence-corrected chi connectivity index (χ3v) is 5.16. The number of aromatic nitrogens is 3. The minimum atomic E-state index is 0.347. The Labute approximate surface area is 140 Å². The lowest BCUT2D eigenvalue weighted by molar-refractivity contribution is 0.0315. The van der Waals surface area contributed by atoms with Crippen LogP contribution in [0.2, 0.25) is 5.02 Å². The fourth-order valence-electron chi connectivity index (χ4n) is 2.60. The molecule has 0 unspecified atom stereocenters. The van der Waals surface area contributed by atoms with E-state index >= 15 is 0 Å². The van der Waals surface area contributed by atoms with Gasteiger partial charge in [-0.1, -0.05) is 23.4 Å². The van der Waals surface area contributed by atoms with E-state index in [9.17, 15) is 0 Å². The third-order valence-electron chi connectivity index (χ3n) is 3.81. The van der Waals surface area contributed by atoms with Gasteiger partial charge in [-0.2, -0.15) is 0 Å². The Balaban J connectivity index is 1.73. The average molecular weight is 338 g/mol. The zero-order valence-electron chi connectivity index (χ0n) is 12.7. The van der Waals surface area contributed by atoms with E-state index in [2.05, 4.69) is 21.7 Å². The molecule has 1 saturated heterocycles. The minimum Gasteiger partial charge on any atom is -0.377 e. The maximum absolute atomic E-state index is 5.95. The molecular weight excluding hydrogens is 318 g/mol. The second kappa shape index (κ2) is 7.49. The van der Waals surface area contributed by atoms with Gasteiger partial charge in [0.1, 0.15) is 0 Å². The predicted octanol–water partition coefficient (Wildman–Crippen LogP) is 4.28. The number of ether oxygens (including phenoxy) is 1. The lowest BCUT2D eigenvalue weighted by Gasteiger charge is -2.21. The molecule has 2 aromatic rings. The van der Waals surface area contributed by atoms with Crippen LogP contribution in [0.4, 0.5) is 0 Å². The van der Waals surface area contributed by atoms with Gasteiger partial charge < -0.3 is 9.30 Å². The first-order valence-electron chi connectivity index (χ1n) is 7.71. The Kier molecular flexibility index (Phi) is 5.39. The lowest BCUT2D eigenvalue weighted by Crippen LogP contribution is -2.21. The van der Waals surface area contributed by atoms with Crippen molar-refractivity contribution in [2.24, 2.45) is 0 Å². The predicted molar refractivity (Wildman–Crippen MR) is 90.5 cm³/mol. The van der Waals surface area contributed by atoms with Crippen LogP contribution >= 0.6 is 23.4 Å². The van der Waals surface area contributed by atoms with E-state index in [4.69, 9.17) is 16.3 Å². The molecule has 118 valence electrons. The van der Waals surface area contributed by atoms with E-state index < -0.39 is 0 Å². The largest absolute Gasteiger partial charge is 0.377 e. The molecule has 1 aliphatic rings. The number of halogens is 1. The molecule has 1 aromatic heterocycles. The van der Waals surface area contributed by atoms with E-state index in [1.54, 1.807) is 11.8 Å². The highest BCUT2D eigenvalue weighted by Gasteiger charge is 2.18. The van der Waals surface area contributed by atoms with Crippen molar-refractivity contribution in [3.8, 4) is 11.4 Å². The topological polar surface area (TPSA) is 39.9 Å². The van der Waals surface area contributed by atoms with Crippen LogP contribution in [0, 0.1) is 0 Å². The van der Waals surface area contributed by atoms with Crippen LogP contribution < -0.4 is 0 Å². The molecule has 6 heteroatoms. The summed E-state index contributed by atoms with van der Waals surface area (Å²) in [7, 11) is 0. The van der Waals surface area contributed by atoms with Crippen molar-refractivity contribution in [3.63, 3.8) is 0 Å². The molecule has 0 aliphatic carbocycles. The summed E-state index contributed by atoms with van der Waals surface area (Å²) in [6.07, 6.45) is 3.95. The molecule has 1 aliphatic heterocycles. The normalized spacial score (nSPS) is 18.5. The molecule has 0 amide bonds. The van der Waals surface area contributed by atoms with Crippen molar-refractivity contribution in [1.82, 2.24) is 14.8 Å². The fraction of sp³-hybridized carbons (Fsp3) is 0.500. The number of hydrogen-bond acceptors (Lipinski definition) is 4. The van der Waals surface area contributed by atoms with Crippen LogP contribution in [-0.2, 0) is 11.3 Å². The van der Waals surface area contributed by atoms with Gasteiger partial charge >= 0.3 is 0 Å². The van der Waals surface area contributed by atoms with Gasteiger partial charge in [0.15, 0.2) is 11.0 Å². The Bertz CT molecular complexity index is 608. The summed E-state index contributed by atoms with van der Waals surface area (Å²) in [5.41, 5.74) is 1.04. The second-order valence-corrected chi connectivity index (χ2v) is 6.78. The molecule has 1 aromatic carbocycles. The molecule has 22 heavy (non-hydrogen) atoms. The molecule has 4 nitrogen and oxygen atoms in total. The zero-order valence-corrected chi connectivity index (χ0v) is 14.2. The van der Waals surface area contributed by atoms with Crippen molar-refractivity contribution in [1.29, 1.82) is 0 Å². The Morgan fingerprint density at radius 1 is 1.27 bits per heavy atom. The summed E-state index contributed by atoms with van der Waals surface area (Å²) in [5.74, 6) is 1.84. The Morgan fingerprint density at radius 3 is 2.77 bits per heavy atom. The van der Waals surface area contributed by atoms with Gasteiger partial charge in [0, 0.05) is 29.5 Å². The Morgan fingerprint density at radius 2 is 2.09 bits per heavy atom. The fourth-order valence-corrected chi connectivity index (χ4v) is 3.79. The van der Waals surface area contributed by atoms with Crippen LogP contribution in [0.5, 0.6) is 0 Å². The molecule has 3 rings (SSSR count). The molecule has 1 fully saturated rings. The van der Waals surface area contributed by atoms with E-state index in [1.807, 2.05) is 24.3 Å². The average Bonchev–Trinajstić information content (AvgIpc) is 2.97. The highest BCUT2D eigenvalue weighted by Crippen LogP contribution is 2.27. The monoisotopic (exact) mass is 337 g/mol.